The molecule has 6 aliphatic rings. The van der Waals surface area contributed by atoms with Gasteiger partial charge in [0.15, 0.2) is 0 Å². The van der Waals surface area contributed by atoms with Crippen LogP contribution >= 0.6 is 22.7 Å². The standard InChI is InChI=1S/2C20H24N4O2S/c25-18(12-3-4-12)23-20-17(19(26)21-10-11-1-2-11)14-9-13(5-6-16(14)27-20)15-7-8-22-24-15;25-18(12-6-7-12)23-20-16(19(26)21-10-11-4-5-11)14-3-1-2-13(17(14)27-20)15-8-9-22-24-15/h7-8,11-13H,1-6,9-10H2,(H,21,26)(H,22,24)(H,23,25);8-9,11-13H,1-7,10H2,(H,21,26)(H,22,24)(H,23,25). The highest BCUT2D eigenvalue weighted by Crippen LogP contribution is 2.47. The number of nitrogens with one attached hydrogen (secondary N) is 6. The van der Waals surface area contributed by atoms with Crippen LogP contribution in [0.1, 0.15) is 135 Å². The second kappa shape index (κ2) is 15.1. The topological polar surface area (TPSA) is 174 Å². The number of hydrogen-bond acceptors (Lipinski definition) is 8. The summed E-state index contributed by atoms with van der Waals surface area (Å²) in [5.74, 6) is 2.14. The van der Waals surface area contributed by atoms with Crippen molar-refractivity contribution in [1.82, 2.24) is 31.0 Å². The normalized spacial score (nSPS) is 21.6. The van der Waals surface area contributed by atoms with Crippen molar-refractivity contribution in [2.75, 3.05) is 23.7 Å². The number of nitrogens with zero attached hydrogens (tertiary/aromatic N) is 2. The fraction of sp³-hybridized carbons (Fsp3) is 0.550. The first-order valence-electron chi connectivity index (χ1n) is 19.9. The molecule has 4 fully saturated rings. The number of amides is 4. The van der Waals surface area contributed by atoms with Crippen LogP contribution in [-0.2, 0) is 28.9 Å². The number of carbonyl (C=O) groups excluding carboxylic acids is 4. The second-order valence-corrected chi connectivity index (χ2v) is 18.3. The minimum Gasteiger partial charge on any atom is -0.352 e. The number of fused-ring (bicyclic) bond motifs is 2. The molecule has 0 saturated heterocycles. The number of H-pyrrole nitrogens is 2. The maximum Gasteiger partial charge on any atom is 0.254 e. The van der Waals surface area contributed by atoms with Crippen LogP contribution in [0.25, 0.3) is 0 Å². The zero-order chi connectivity index (χ0) is 36.8. The van der Waals surface area contributed by atoms with Gasteiger partial charge in [0.2, 0.25) is 11.8 Å². The van der Waals surface area contributed by atoms with E-state index in [9.17, 15) is 19.2 Å². The summed E-state index contributed by atoms with van der Waals surface area (Å²) in [7, 11) is 0. The minimum atomic E-state index is -0.0317. The van der Waals surface area contributed by atoms with Crippen molar-refractivity contribution in [3.8, 4) is 0 Å². The highest BCUT2D eigenvalue weighted by atomic mass is 32.1. The zero-order valence-electron chi connectivity index (χ0n) is 30.4. The molecule has 4 amide bonds. The summed E-state index contributed by atoms with van der Waals surface area (Å²) in [6, 6.07) is 4.03. The van der Waals surface area contributed by atoms with Gasteiger partial charge in [-0.2, -0.15) is 10.2 Å². The molecule has 4 heterocycles. The molecule has 54 heavy (non-hydrogen) atoms. The van der Waals surface area contributed by atoms with E-state index in [2.05, 4.69) is 41.7 Å². The van der Waals surface area contributed by atoms with E-state index in [1.807, 2.05) is 12.1 Å². The van der Waals surface area contributed by atoms with E-state index in [4.69, 9.17) is 0 Å². The Morgan fingerprint density at radius 3 is 1.80 bits per heavy atom. The number of aryl methyl sites for hydroxylation is 1. The molecule has 0 bridgehead atoms. The third-order valence-electron chi connectivity index (χ3n) is 11.7. The third-order valence-corrected chi connectivity index (χ3v) is 14.2. The van der Waals surface area contributed by atoms with E-state index >= 15 is 0 Å². The van der Waals surface area contributed by atoms with Crippen molar-refractivity contribution in [2.45, 2.75) is 102 Å². The van der Waals surface area contributed by atoms with Crippen LogP contribution < -0.4 is 21.3 Å². The Morgan fingerprint density at radius 1 is 0.667 bits per heavy atom. The van der Waals surface area contributed by atoms with Gasteiger partial charge in [0.25, 0.3) is 11.8 Å². The molecule has 0 radical (unpaired) electrons. The van der Waals surface area contributed by atoms with E-state index < -0.39 is 0 Å². The number of aromatic nitrogens is 4. The van der Waals surface area contributed by atoms with E-state index in [0.29, 0.717) is 28.9 Å². The Morgan fingerprint density at radius 2 is 1.24 bits per heavy atom. The zero-order valence-corrected chi connectivity index (χ0v) is 32.1. The molecule has 4 aromatic heterocycles. The van der Waals surface area contributed by atoms with Gasteiger partial charge < -0.3 is 21.3 Å². The van der Waals surface area contributed by atoms with Crippen LogP contribution in [-0.4, -0.2) is 57.1 Å². The van der Waals surface area contributed by atoms with Gasteiger partial charge in [0, 0.05) is 70.3 Å². The van der Waals surface area contributed by atoms with Crippen LogP contribution in [0.2, 0.25) is 0 Å². The fourth-order valence-electron chi connectivity index (χ4n) is 7.80. The lowest BCUT2D eigenvalue weighted by atomic mass is 9.84. The molecule has 6 N–H and O–H groups in total. The number of rotatable bonds is 12. The first kappa shape index (κ1) is 35.4. The fourth-order valence-corrected chi connectivity index (χ4v) is 10.4. The van der Waals surface area contributed by atoms with Gasteiger partial charge in [0.1, 0.15) is 10.0 Å². The smallest absolute Gasteiger partial charge is 0.254 e. The van der Waals surface area contributed by atoms with E-state index in [1.54, 1.807) is 35.1 Å². The predicted molar refractivity (Wildman–Crippen MR) is 208 cm³/mol. The Hall–Kier alpha value is -4.30. The van der Waals surface area contributed by atoms with Crippen LogP contribution in [0.5, 0.6) is 0 Å². The first-order chi connectivity index (χ1) is 26.4. The SMILES string of the molecule is O=C(NCC1CC1)c1c(NC(=O)C2CC2)sc2c1CC(c1ccn[nH]1)CC2.O=C(NCC1CC1)c1c(NC(=O)C2CC2)sc2c1CCCC2c1ccn[nH]1. The van der Waals surface area contributed by atoms with Gasteiger partial charge in [-0.15, -0.1) is 22.7 Å². The average Bonchev–Trinajstić information content (AvgIpc) is 4.03. The lowest BCUT2D eigenvalue weighted by Gasteiger charge is -2.22. The lowest BCUT2D eigenvalue weighted by molar-refractivity contribution is -0.118. The molecule has 14 heteroatoms. The van der Waals surface area contributed by atoms with Crippen molar-refractivity contribution in [2.24, 2.45) is 23.7 Å². The second-order valence-electron chi connectivity index (χ2n) is 16.1. The number of carbonyl (C=O) groups is 4. The average molecular weight is 769 g/mol. The third kappa shape index (κ3) is 7.91. The van der Waals surface area contributed by atoms with Crippen LogP contribution in [0.4, 0.5) is 10.0 Å². The Kier molecular flexibility index (Phi) is 9.89. The van der Waals surface area contributed by atoms with Crippen LogP contribution in [0.15, 0.2) is 24.5 Å². The summed E-state index contributed by atoms with van der Waals surface area (Å²) in [5, 5.41) is 28.2. The highest BCUT2D eigenvalue weighted by Gasteiger charge is 2.37. The molecule has 2 unspecified atom stereocenters. The quantitative estimate of drug-likeness (QED) is 0.0941. The van der Waals surface area contributed by atoms with Gasteiger partial charge >= 0.3 is 0 Å². The van der Waals surface area contributed by atoms with Gasteiger partial charge in [-0.3, -0.25) is 29.4 Å². The number of aromatic amines is 2. The van der Waals surface area contributed by atoms with Gasteiger partial charge in [-0.25, -0.2) is 0 Å². The molecule has 0 aromatic carbocycles. The summed E-state index contributed by atoms with van der Waals surface area (Å²) in [4.78, 5) is 53.2. The molecule has 10 rings (SSSR count). The first-order valence-corrected chi connectivity index (χ1v) is 21.5. The molecule has 0 aliphatic heterocycles. The Bertz CT molecular complexity index is 2020. The molecule has 2 atom stereocenters. The number of thiophene rings is 2. The number of hydrogen-bond donors (Lipinski definition) is 6. The van der Waals surface area contributed by atoms with Crippen molar-refractivity contribution < 1.29 is 19.2 Å². The summed E-state index contributed by atoms with van der Waals surface area (Å²) in [6.45, 7) is 1.48. The lowest BCUT2D eigenvalue weighted by Crippen LogP contribution is -2.28. The molecule has 0 spiro atoms. The summed E-state index contributed by atoms with van der Waals surface area (Å²) < 4.78 is 0. The molecule has 284 valence electrons. The van der Waals surface area contributed by atoms with E-state index in [-0.39, 0.29) is 41.4 Å². The van der Waals surface area contributed by atoms with E-state index in [0.717, 1.165) is 110 Å². The Balaban J connectivity index is 0.000000142. The van der Waals surface area contributed by atoms with Crippen molar-refractivity contribution in [3.05, 3.63) is 67.9 Å². The molecular weight excluding hydrogens is 721 g/mol. The summed E-state index contributed by atoms with van der Waals surface area (Å²) >= 11 is 3.17. The molecule has 12 nitrogen and oxygen atoms in total. The maximum atomic E-state index is 13.0. The molecule has 4 aromatic rings. The maximum absolute atomic E-state index is 13.0. The molecule has 6 aliphatic carbocycles. The Labute approximate surface area is 322 Å². The van der Waals surface area contributed by atoms with Gasteiger partial charge in [0.05, 0.1) is 11.1 Å². The molecule has 4 saturated carbocycles. The van der Waals surface area contributed by atoms with Crippen molar-refractivity contribution >= 4 is 56.3 Å². The van der Waals surface area contributed by atoms with E-state index in [1.165, 1.54) is 35.4 Å². The van der Waals surface area contributed by atoms with Crippen LogP contribution in [0, 0.1) is 23.7 Å². The van der Waals surface area contributed by atoms with Gasteiger partial charge in [-0.05, 0) is 125 Å². The highest BCUT2D eigenvalue weighted by molar-refractivity contribution is 7.17. The predicted octanol–water partition coefficient (Wildman–Crippen LogP) is 6.66. The molecular formula is C40H48N8O4S2. The van der Waals surface area contributed by atoms with Crippen molar-refractivity contribution in [1.29, 1.82) is 0 Å². The summed E-state index contributed by atoms with van der Waals surface area (Å²) in [5.41, 5.74) is 5.85. The monoisotopic (exact) mass is 768 g/mol. The van der Waals surface area contributed by atoms with Crippen molar-refractivity contribution in [3.63, 3.8) is 0 Å². The minimum absolute atomic E-state index is 0.0317. The van der Waals surface area contributed by atoms with Gasteiger partial charge in [-0.1, -0.05) is 0 Å². The van der Waals surface area contributed by atoms with Crippen LogP contribution in [0.3, 0.4) is 0 Å². The largest absolute Gasteiger partial charge is 0.352 e. The number of anilines is 2. The summed E-state index contributed by atoms with van der Waals surface area (Å²) in [6.07, 6.45) is 18.0.